The molecule has 0 spiro atoms. The third kappa shape index (κ3) is 2.09. The number of nitrogens with zero attached hydrogens (tertiary/aromatic N) is 2. The first-order valence-electron chi connectivity index (χ1n) is 6.16. The van der Waals surface area contributed by atoms with Crippen molar-refractivity contribution in [2.24, 2.45) is 5.73 Å². The molecule has 4 nitrogen and oxygen atoms in total. The summed E-state index contributed by atoms with van der Waals surface area (Å²) in [5.41, 5.74) is 8.10. The van der Waals surface area contributed by atoms with Gasteiger partial charge in [-0.1, -0.05) is 18.2 Å². The molecule has 2 N–H and O–H groups in total. The molecule has 0 aliphatic carbocycles. The van der Waals surface area contributed by atoms with Gasteiger partial charge < -0.3 is 10.2 Å². The lowest BCUT2D eigenvalue weighted by Gasteiger charge is -2.11. The van der Waals surface area contributed by atoms with Crippen LogP contribution < -0.4 is 5.73 Å². The van der Waals surface area contributed by atoms with Gasteiger partial charge in [-0.05, 0) is 35.0 Å². The Morgan fingerprint density at radius 2 is 2.21 bits per heavy atom. The zero-order chi connectivity index (χ0) is 13.4. The van der Waals surface area contributed by atoms with Crippen molar-refractivity contribution in [3.8, 4) is 0 Å². The van der Waals surface area contributed by atoms with Gasteiger partial charge in [-0.15, -0.1) is 0 Å². The maximum absolute atomic E-state index is 6.32. The molecule has 0 saturated carbocycles. The van der Waals surface area contributed by atoms with Gasteiger partial charge in [0.2, 0.25) is 0 Å². The van der Waals surface area contributed by atoms with Crippen LogP contribution >= 0.6 is 15.9 Å². The van der Waals surface area contributed by atoms with Gasteiger partial charge in [-0.3, -0.25) is 4.68 Å². The highest BCUT2D eigenvalue weighted by molar-refractivity contribution is 9.10. The zero-order valence-corrected chi connectivity index (χ0v) is 12.1. The average molecular weight is 320 g/mol. The zero-order valence-electron chi connectivity index (χ0n) is 10.5. The van der Waals surface area contributed by atoms with Crippen LogP contribution in [-0.2, 0) is 6.54 Å². The molecule has 98 valence electrons. The van der Waals surface area contributed by atoms with Crippen molar-refractivity contribution in [3.05, 3.63) is 52.5 Å². The van der Waals surface area contributed by atoms with Crippen molar-refractivity contribution in [3.63, 3.8) is 0 Å². The second kappa shape index (κ2) is 4.83. The molecule has 3 rings (SSSR count). The van der Waals surface area contributed by atoms with Crippen LogP contribution in [0.15, 0.2) is 45.4 Å². The molecule has 0 aliphatic heterocycles. The molecule has 1 unspecified atom stereocenters. The molecule has 0 amide bonds. The van der Waals surface area contributed by atoms with Gasteiger partial charge in [0.1, 0.15) is 17.4 Å². The van der Waals surface area contributed by atoms with Gasteiger partial charge in [-0.2, -0.15) is 5.10 Å². The maximum atomic E-state index is 6.32. The Bertz CT molecular complexity index is 683. The number of halogens is 1. The molecule has 2 aromatic heterocycles. The lowest BCUT2D eigenvalue weighted by atomic mass is 10.1. The fraction of sp³-hybridized carbons (Fsp3) is 0.214. The maximum Gasteiger partial charge on any atom is 0.134 e. The molecular formula is C14H14BrN3O. The van der Waals surface area contributed by atoms with Gasteiger partial charge in [0, 0.05) is 11.9 Å². The number of benzene rings is 1. The average Bonchev–Trinajstić information content (AvgIpc) is 3.01. The second-order valence-electron chi connectivity index (χ2n) is 4.36. The largest absolute Gasteiger partial charge is 0.459 e. The van der Waals surface area contributed by atoms with E-state index in [1.165, 1.54) is 0 Å². The molecule has 0 fully saturated rings. The molecule has 0 saturated heterocycles. The first kappa shape index (κ1) is 12.4. The number of aryl methyl sites for hydroxylation is 1. The minimum atomic E-state index is -0.329. The molecule has 0 aliphatic rings. The summed E-state index contributed by atoms with van der Waals surface area (Å²) in [5.74, 6) is 0.747. The van der Waals surface area contributed by atoms with Gasteiger partial charge in [0.25, 0.3) is 0 Å². The Morgan fingerprint density at radius 3 is 2.95 bits per heavy atom. The number of rotatable bonds is 3. The van der Waals surface area contributed by atoms with E-state index < -0.39 is 0 Å². The quantitative estimate of drug-likeness (QED) is 0.804. The summed E-state index contributed by atoms with van der Waals surface area (Å²) in [6, 6.07) is 9.55. The van der Waals surface area contributed by atoms with E-state index in [-0.39, 0.29) is 6.04 Å². The van der Waals surface area contributed by atoms with Crippen molar-refractivity contribution in [2.45, 2.75) is 19.5 Å². The van der Waals surface area contributed by atoms with E-state index >= 15 is 0 Å². The monoisotopic (exact) mass is 319 g/mol. The van der Waals surface area contributed by atoms with Crippen molar-refractivity contribution >= 4 is 26.9 Å². The number of furan rings is 1. The molecule has 1 aromatic carbocycles. The molecule has 0 bridgehead atoms. The lowest BCUT2D eigenvalue weighted by molar-refractivity contribution is 0.499. The van der Waals surface area contributed by atoms with Crippen molar-refractivity contribution in [1.82, 2.24) is 9.78 Å². The Kier molecular flexibility index (Phi) is 3.16. The number of fused-ring (bicyclic) bond motifs is 1. The van der Waals surface area contributed by atoms with Crippen molar-refractivity contribution < 1.29 is 4.42 Å². The Labute approximate surface area is 119 Å². The highest BCUT2D eigenvalue weighted by atomic mass is 79.9. The molecule has 5 heteroatoms. The fourth-order valence-corrected chi connectivity index (χ4v) is 2.77. The van der Waals surface area contributed by atoms with Crippen LogP contribution in [0.1, 0.15) is 24.4 Å². The topological polar surface area (TPSA) is 57.0 Å². The first-order chi connectivity index (χ1) is 9.20. The van der Waals surface area contributed by atoms with E-state index in [0.717, 1.165) is 33.4 Å². The summed E-state index contributed by atoms with van der Waals surface area (Å²) in [5, 5.41) is 5.34. The lowest BCUT2D eigenvalue weighted by Crippen LogP contribution is -2.17. The van der Waals surface area contributed by atoms with Crippen LogP contribution in [0, 0.1) is 0 Å². The van der Waals surface area contributed by atoms with E-state index in [1.807, 2.05) is 41.9 Å². The highest BCUT2D eigenvalue weighted by Crippen LogP contribution is 2.30. The highest BCUT2D eigenvalue weighted by Gasteiger charge is 2.21. The normalized spacial score (nSPS) is 13.0. The molecule has 19 heavy (non-hydrogen) atoms. The second-order valence-corrected chi connectivity index (χ2v) is 5.21. The van der Waals surface area contributed by atoms with Crippen LogP contribution in [-0.4, -0.2) is 9.78 Å². The van der Waals surface area contributed by atoms with Gasteiger partial charge in [0.05, 0.1) is 16.4 Å². The van der Waals surface area contributed by atoms with E-state index in [0.29, 0.717) is 0 Å². The standard InChI is InChI=1S/C14H14BrN3O/c1-2-18-14(10(15)8-17-18)13(16)12-7-9-5-3-4-6-11(9)19-12/h3-8,13H,2,16H2,1H3. The van der Waals surface area contributed by atoms with E-state index in [9.17, 15) is 0 Å². The molecule has 3 aromatic rings. The van der Waals surface area contributed by atoms with E-state index in [2.05, 4.69) is 21.0 Å². The predicted octanol–water partition coefficient (Wildman–Crippen LogP) is 3.46. The minimum absolute atomic E-state index is 0.329. The molecule has 0 radical (unpaired) electrons. The number of hydrogen-bond donors (Lipinski definition) is 1. The predicted molar refractivity (Wildman–Crippen MR) is 77.8 cm³/mol. The third-order valence-electron chi connectivity index (χ3n) is 3.18. The molecular weight excluding hydrogens is 306 g/mol. The van der Waals surface area contributed by atoms with Crippen LogP contribution in [0.25, 0.3) is 11.0 Å². The van der Waals surface area contributed by atoms with E-state index in [1.54, 1.807) is 6.20 Å². The summed E-state index contributed by atoms with van der Waals surface area (Å²) in [6.45, 7) is 2.81. The summed E-state index contributed by atoms with van der Waals surface area (Å²) in [4.78, 5) is 0. The Morgan fingerprint density at radius 1 is 1.42 bits per heavy atom. The first-order valence-corrected chi connectivity index (χ1v) is 6.95. The minimum Gasteiger partial charge on any atom is -0.459 e. The van der Waals surface area contributed by atoms with Gasteiger partial charge >= 0.3 is 0 Å². The smallest absolute Gasteiger partial charge is 0.134 e. The summed E-state index contributed by atoms with van der Waals surface area (Å²) in [6.07, 6.45) is 1.77. The third-order valence-corrected chi connectivity index (χ3v) is 3.79. The number of para-hydroxylation sites is 1. The fourth-order valence-electron chi connectivity index (χ4n) is 2.22. The number of nitrogens with two attached hydrogens (primary N) is 1. The van der Waals surface area contributed by atoms with Crippen LogP contribution in [0.3, 0.4) is 0 Å². The van der Waals surface area contributed by atoms with Crippen LogP contribution in [0.2, 0.25) is 0 Å². The van der Waals surface area contributed by atoms with Crippen LogP contribution in [0.5, 0.6) is 0 Å². The van der Waals surface area contributed by atoms with Gasteiger partial charge in [0.15, 0.2) is 0 Å². The van der Waals surface area contributed by atoms with Crippen molar-refractivity contribution in [2.75, 3.05) is 0 Å². The van der Waals surface area contributed by atoms with Gasteiger partial charge in [-0.25, -0.2) is 0 Å². The molecule has 2 heterocycles. The number of hydrogen-bond acceptors (Lipinski definition) is 3. The van der Waals surface area contributed by atoms with Crippen LogP contribution in [0.4, 0.5) is 0 Å². The Balaban J connectivity index is 2.07. The Hall–Kier alpha value is -1.59. The number of aromatic nitrogens is 2. The molecule has 1 atom stereocenters. The van der Waals surface area contributed by atoms with E-state index in [4.69, 9.17) is 10.2 Å². The SMILES string of the molecule is CCn1ncc(Br)c1C(N)c1cc2ccccc2o1. The summed E-state index contributed by atoms with van der Waals surface area (Å²) >= 11 is 3.49. The summed E-state index contributed by atoms with van der Waals surface area (Å²) in [7, 11) is 0. The summed E-state index contributed by atoms with van der Waals surface area (Å²) < 4.78 is 8.60. The van der Waals surface area contributed by atoms with Crippen molar-refractivity contribution in [1.29, 1.82) is 0 Å².